The Morgan fingerprint density at radius 2 is 1.29 bits per heavy atom. The van der Waals surface area contributed by atoms with Gasteiger partial charge in [-0.1, -0.05) is 36.4 Å². The molecule has 0 aliphatic rings. The van der Waals surface area contributed by atoms with E-state index in [0.717, 1.165) is 24.3 Å². The molecule has 0 saturated heterocycles. The Bertz CT molecular complexity index is 1180. The Morgan fingerprint density at radius 1 is 0.737 bits per heavy atom. The number of aliphatic hydroxyl groups is 1. The lowest BCUT2D eigenvalue weighted by Crippen LogP contribution is -2.53. The second-order valence-corrected chi connectivity index (χ2v) is 7.91. The molecule has 0 aliphatic carbocycles. The van der Waals surface area contributed by atoms with E-state index in [1.807, 2.05) is 0 Å². The minimum absolute atomic E-state index is 0.0131. The van der Waals surface area contributed by atoms with E-state index in [0.29, 0.717) is 17.7 Å². The molecule has 38 heavy (non-hydrogen) atoms. The van der Waals surface area contributed by atoms with Gasteiger partial charge in [0.2, 0.25) is 0 Å². The van der Waals surface area contributed by atoms with E-state index in [-0.39, 0.29) is 17.5 Å². The summed E-state index contributed by atoms with van der Waals surface area (Å²) in [5, 5.41) is 9.64. The quantitative estimate of drug-likeness (QED) is 0.289. The largest absolute Gasteiger partial charge is 0.431 e. The first-order valence-corrected chi connectivity index (χ1v) is 10.5. The summed E-state index contributed by atoms with van der Waals surface area (Å²) in [6.07, 6.45) is -9.32. The highest BCUT2D eigenvalue weighted by atomic mass is 19.4. The molecule has 1 heterocycles. The lowest BCUT2D eigenvalue weighted by atomic mass is 9.84. The lowest BCUT2D eigenvalue weighted by molar-refractivity contribution is -0.376. The first-order chi connectivity index (χ1) is 17.6. The summed E-state index contributed by atoms with van der Waals surface area (Å²) in [6.45, 7) is -6.80. The Morgan fingerprint density at radius 3 is 1.79 bits per heavy atom. The first-order valence-electron chi connectivity index (χ1n) is 10.5. The molecular formula is C24H17F10NO3. The van der Waals surface area contributed by atoms with Crippen LogP contribution in [0, 0.1) is 0 Å². The van der Waals surface area contributed by atoms with Crippen LogP contribution in [0.5, 0.6) is 11.5 Å². The summed E-state index contributed by atoms with van der Waals surface area (Å²) in [5.74, 6) is -2.41. The van der Waals surface area contributed by atoms with Gasteiger partial charge in [0.05, 0.1) is 0 Å². The van der Waals surface area contributed by atoms with Gasteiger partial charge >= 0.3 is 25.6 Å². The molecule has 14 heteroatoms. The molecule has 3 rings (SSSR count). The summed E-state index contributed by atoms with van der Waals surface area (Å²) in [7, 11) is 0. The van der Waals surface area contributed by atoms with Crippen LogP contribution in [-0.2, 0) is 12.0 Å². The number of nitrogens with zero attached hydrogens (tertiary/aromatic N) is 1. The predicted octanol–water partition coefficient (Wildman–Crippen LogP) is 6.97. The number of hydrogen-bond donors (Lipinski definition) is 1. The van der Waals surface area contributed by atoms with Crippen LogP contribution in [0.25, 0.3) is 0 Å². The van der Waals surface area contributed by atoms with E-state index >= 15 is 0 Å². The van der Waals surface area contributed by atoms with Crippen LogP contribution in [-0.4, -0.2) is 35.7 Å². The molecule has 3 aromatic rings. The van der Waals surface area contributed by atoms with Crippen molar-refractivity contribution in [2.45, 2.75) is 43.5 Å². The molecule has 1 atom stereocenters. The molecule has 1 N–H and O–H groups in total. The maximum atomic E-state index is 13.3. The number of halogens is 10. The molecule has 0 saturated carbocycles. The van der Waals surface area contributed by atoms with Crippen molar-refractivity contribution in [3.63, 3.8) is 0 Å². The average Bonchev–Trinajstić information content (AvgIpc) is 2.82. The summed E-state index contributed by atoms with van der Waals surface area (Å²) in [4.78, 5) is 3.92. The third-order valence-electron chi connectivity index (χ3n) is 5.52. The van der Waals surface area contributed by atoms with Crippen LogP contribution in [0.4, 0.5) is 43.9 Å². The number of hydrogen-bond acceptors (Lipinski definition) is 4. The zero-order valence-electron chi connectivity index (χ0n) is 18.8. The number of pyridine rings is 1. The van der Waals surface area contributed by atoms with E-state index in [2.05, 4.69) is 14.5 Å². The Labute approximate surface area is 208 Å². The summed E-state index contributed by atoms with van der Waals surface area (Å²) < 4.78 is 139. The van der Waals surface area contributed by atoms with Crippen LogP contribution >= 0.6 is 0 Å². The lowest BCUT2D eigenvalue weighted by Gasteiger charge is -2.33. The molecule has 0 fully saturated rings. The molecule has 0 aliphatic heterocycles. The smallest absolute Gasteiger partial charge is 0.430 e. The molecule has 0 radical (unpaired) electrons. The predicted molar refractivity (Wildman–Crippen MR) is 112 cm³/mol. The van der Waals surface area contributed by atoms with Crippen molar-refractivity contribution in [2.75, 3.05) is 0 Å². The maximum absolute atomic E-state index is 13.3. The fraction of sp³-hybridized carbons (Fsp3) is 0.292. The van der Waals surface area contributed by atoms with Gasteiger partial charge in [0, 0.05) is 23.9 Å². The summed E-state index contributed by atoms with van der Waals surface area (Å²) in [6, 6.07) is 8.89. The number of benzene rings is 2. The minimum Gasteiger partial charge on any atom is -0.431 e. The van der Waals surface area contributed by atoms with Gasteiger partial charge in [0.25, 0.3) is 5.60 Å². The molecule has 1 aromatic heterocycles. The first kappa shape index (κ1) is 29.0. The van der Waals surface area contributed by atoms with Crippen LogP contribution < -0.4 is 9.47 Å². The van der Waals surface area contributed by atoms with Gasteiger partial charge in [-0.15, -0.1) is 0 Å². The van der Waals surface area contributed by atoms with Crippen molar-refractivity contribution in [3.8, 4) is 11.5 Å². The standard InChI is InChI=1S/C24H17F10NO3/c25-20(26)37-18-8-5-15(11-19(18)38-21(27)28)17(10-13-2-1-9-35-12-13)14-3-6-16(7-4-14)22(36,23(29,30)31)24(32,33)34/h1-9,11-12,17,20-21,36H,10H2. The Hall–Kier alpha value is -3.55. The maximum Gasteiger partial charge on any atom is 0.430 e. The van der Waals surface area contributed by atoms with E-state index < -0.39 is 54.2 Å². The van der Waals surface area contributed by atoms with Gasteiger partial charge in [-0.3, -0.25) is 4.98 Å². The fourth-order valence-corrected chi connectivity index (χ4v) is 3.75. The molecule has 0 spiro atoms. The van der Waals surface area contributed by atoms with E-state index in [1.54, 1.807) is 12.1 Å². The van der Waals surface area contributed by atoms with Crippen LogP contribution in [0.1, 0.15) is 28.2 Å². The number of alkyl halides is 10. The molecule has 0 bridgehead atoms. The van der Waals surface area contributed by atoms with Crippen molar-refractivity contribution in [2.24, 2.45) is 0 Å². The van der Waals surface area contributed by atoms with Crippen molar-refractivity contribution < 1.29 is 58.5 Å². The molecule has 4 nitrogen and oxygen atoms in total. The van der Waals surface area contributed by atoms with Gasteiger partial charge in [0.15, 0.2) is 11.5 Å². The molecular weight excluding hydrogens is 540 g/mol. The highest BCUT2D eigenvalue weighted by molar-refractivity contribution is 5.47. The minimum atomic E-state index is -6.09. The van der Waals surface area contributed by atoms with E-state index in [4.69, 9.17) is 0 Å². The Kier molecular flexibility index (Phi) is 8.44. The highest BCUT2D eigenvalue weighted by Crippen LogP contribution is 2.50. The topological polar surface area (TPSA) is 51.6 Å². The molecule has 0 amide bonds. The van der Waals surface area contributed by atoms with Gasteiger partial charge in [-0.2, -0.15) is 43.9 Å². The van der Waals surface area contributed by atoms with E-state index in [1.165, 1.54) is 18.5 Å². The zero-order valence-corrected chi connectivity index (χ0v) is 18.8. The fourth-order valence-electron chi connectivity index (χ4n) is 3.75. The highest BCUT2D eigenvalue weighted by Gasteiger charge is 2.71. The van der Waals surface area contributed by atoms with Crippen molar-refractivity contribution >= 4 is 0 Å². The second-order valence-electron chi connectivity index (χ2n) is 7.91. The van der Waals surface area contributed by atoms with Gasteiger partial charge in [-0.25, -0.2) is 0 Å². The third-order valence-corrected chi connectivity index (χ3v) is 5.52. The number of aromatic nitrogens is 1. The SMILES string of the molecule is OC(c1ccc(C(Cc2cccnc2)c2ccc(OC(F)F)c(OC(F)F)c2)cc1)(C(F)(F)F)C(F)(F)F. The van der Waals surface area contributed by atoms with Crippen LogP contribution in [0.3, 0.4) is 0 Å². The summed E-state index contributed by atoms with van der Waals surface area (Å²) >= 11 is 0. The second kappa shape index (κ2) is 11.1. The van der Waals surface area contributed by atoms with Crippen molar-refractivity contribution in [1.82, 2.24) is 4.98 Å². The molecule has 2 aromatic carbocycles. The number of rotatable bonds is 9. The number of ether oxygens (including phenoxy) is 2. The van der Waals surface area contributed by atoms with Crippen LogP contribution in [0.2, 0.25) is 0 Å². The van der Waals surface area contributed by atoms with Crippen LogP contribution in [0.15, 0.2) is 67.0 Å². The van der Waals surface area contributed by atoms with Gasteiger partial charge in [-0.05, 0) is 41.3 Å². The summed E-state index contributed by atoms with van der Waals surface area (Å²) in [5.41, 5.74) is -5.88. The van der Waals surface area contributed by atoms with Crippen molar-refractivity contribution in [1.29, 1.82) is 0 Å². The molecule has 206 valence electrons. The molecule has 1 unspecified atom stereocenters. The van der Waals surface area contributed by atoms with Gasteiger partial charge < -0.3 is 14.6 Å². The Balaban J connectivity index is 2.11. The zero-order chi connectivity index (χ0) is 28.3. The third kappa shape index (κ3) is 6.29. The average molecular weight is 557 g/mol. The van der Waals surface area contributed by atoms with Crippen molar-refractivity contribution in [3.05, 3.63) is 89.2 Å². The monoisotopic (exact) mass is 557 g/mol. The van der Waals surface area contributed by atoms with Gasteiger partial charge in [0.1, 0.15) is 0 Å². The normalized spacial score (nSPS) is 13.6. The van der Waals surface area contributed by atoms with E-state index in [9.17, 15) is 49.0 Å².